The van der Waals surface area contributed by atoms with Crippen LogP contribution in [0.1, 0.15) is 19.3 Å². The highest BCUT2D eigenvalue weighted by Gasteiger charge is 2.40. The van der Waals surface area contributed by atoms with Crippen molar-refractivity contribution in [3.63, 3.8) is 0 Å². The quantitative estimate of drug-likeness (QED) is 0.700. The maximum atomic E-state index is 13.2. The average Bonchev–Trinajstić information content (AvgIpc) is 3.20. The van der Waals surface area contributed by atoms with Crippen LogP contribution in [0.3, 0.4) is 0 Å². The lowest BCUT2D eigenvalue weighted by Gasteiger charge is -2.37. The van der Waals surface area contributed by atoms with Crippen molar-refractivity contribution in [3.05, 3.63) is 23.2 Å². The van der Waals surface area contributed by atoms with Gasteiger partial charge in [-0.3, -0.25) is 14.4 Å². The molecule has 9 heteroatoms. The van der Waals surface area contributed by atoms with Gasteiger partial charge in [0.2, 0.25) is 17.7 Å². The Kier molecular flexibility index (Phi) is 6.67. The van der Waals surface area contributed by atoms with E-state index in [2.05, 4.69) is 0 Å². The molecule has 3 saturated heterocycles. The highest BCUT2D eigenvalue weighted by Crippen LogP contribution is 2.36. The molecule has 0 bridgehead atoms. The maximum Gasteiger partial charge on any atom is 0.228 e. The van der Waals surface area contributed by atoms with Gasteiger partial charge in [-0.15, -0.1) is 0 Å². The van der Waals surface area contributed by atoms with Crippen LogP contribution in [0.2, 0.25) is 5.02 Å². The van der Waals surface area contributed by atoms with E-state index in [1.807, 2.05) is 4.90 Å². The highest BCUT2D eigenvalue weighted by atomic mass is 35.5. The lowest BCUT2D eigenvalue weighted by atomic mass is 9.94. The summed E-state index contributed by atoms with van der Waals surface area (Å²) in [5.41, 5.74) is 0.578. The molecular weight excluding hydrogens is 422 g/mol. The molecule has 3 aliphatic heterocycles. The molecule has 3 amide bonds. The van der Waals surface area contributed by atoms with E-state index in [-0.39, 0.29) is 36.6 Å². The summed E-state index contributed by atoms with van der Waals surface area (Å²) in [7, 11) is 1.54. The normalized spacial score (nSPS) is 24.5. The number of rotatable bonds is 4. The Hall–Kier alpha value is -2.32. The molecule has 0 aromatic heterocycles. The first kappa shape index (κ1) is 21.9. The largest absolute Gasteiger partial charge is 0.495 e. The van der Waals surface area contributed by atoms with Gasteiger partial charge in [-0.2, -0.15) is 0 Å². The molecule has 2 unspecified atom stereocenters. The molecule has 0 spiro atoms. The number of amides is 3. The highest BCUT2D eigenvalue weighted by molar-refractivity contribution is 6.31. The van der Waals surface area contributed by atoms with Crippen molar-refractivity contribution >= 4 is 35.0 Å². The molecule has 3 fully saturated rings. The molecule has 8 nitrogen and oxygen atoms in total. The fourth-order valence-corrected chi connectivity index (χ4v) is 4.83. The van der Waals surface area contributed by atoms with Crippen LogP contribution in [0.15, 0.2) is 18.2 Å². The minimum absolute atomic E-state index is 0.0590. The van der Waals surface area contributed by atoms with Crippen molar-refractivity contribution in [2.24, 2.45) is 11.8 Å². The number of morpholine rings is 1. The standard InChI is InChI=1S/C22H28ClN3O5/c1-30-19-5-4-17(23)12-18(19)26-14-16(11-20(26)27)22(29)25-6-2-3-15(13-25)21(28)24-7-9-31-10-8-24/h4-5,12,15-16H,2-3,6-11,13-14H2,1H3. The van der Waals surface area contributed by atoms with Gasteiger partial charge in [0.05, 0.1) is 37.8 Å². The van der Waals surface area contributed by atoms with Gasteiger partial charge in [0.15, 0.2) is 0 Å². The van der Waals surface area contributed by atoms with E-state index in [0.29, 0.717) is 55.9 Å². The third-order valence-corrected chi connectivity index (χ3v) is 6.55. The summed E-state index contributed by atoms with van der Waals surface area (Å²) in [6.45, 7) is 3.67. The molecule has 1 aromatic rings. The monoisotopic (exact) mass is 449 g/mol. The second-order valence-electron chi connectivity index (χ2n) is 8.28. The fourth-order valence-electron chi connectivity index (χ4n) is 4.66. The number of hydrogen-bond donors (Lipinski definition) is 0. The first-order valence-corrected chi connectivity index (χ1v) is 11.1. The Morgan fingerprint density at radius 3 is 2.55 bits per heavy atom. The molecule has 4 rings (SSSR count). The number of carbonyl (C=O) groups excluding carboxylic acids is 3. The average molecular weight is 450 g/mol. The number of likely N-dealkylation sites (tertiary alicyclic amines) is 1. The molecule has 0 saturated carbocycles. The minimum atomic E-state index is -0.437. The van der Waals surface area contributed by atoms with Crippen LogP contribution >= 0.6 is 11.6 Å². The van der Waals surface area contributed by atoms with Crippen LogP contribution in [0, 0.1) is 11.8 Å². The van der Waals surface area contributed by atoms with E-state index in [1.165, 1.54) is 7.11 Å². The number of hydrogen-bond acceptors (Lipinski definition) is 5. The smallest absolute Gasteiger partial charge is 0.228 e. The van der Waals surface area contributed by atoms with E-state index < -0.39 is 5.92 Å². The van der Waals surface area contributed by atoms with Crippen molar-refractivity contribution in [2.75, 3.05) is 57.9 Å². The number of piperidine rings is 1. The number of benzene rings is 1. The van der Waals surface area contributed by atoms with Gasteiger partial charge >= 0.3 is 0 Å². The fraction of sp³-hybridized carbons (Fsp3) is 0.591. The number of methoxy groups -OCH3 is 1. The predicted octanol–water partition coefficient (Wildman–Crippen LogP) is 1.80. The van der Waals surface area contributed by atoms with Gasteiger partial charge in [0.25, 0.3) is 0 Å². The number of ether oxygens (including phenoxy) is 2. The van der Waals surface area contributed by atoms with Gasteiger partial charge in [0.1, 0.15) is 5.75 Å². The summed E-state index contributed by atoms with van der Waals surface area (Å²) < 4.78 is 10.7. The maximum absolute atomic E-state index is 13.2. The van der Waals surface area contributed by atoms with Gasteiger partial charge in [-0.25, -0.2) is 0 Å². The zero-order valence-electron chi connectivity index (χ0n) is 17.7. The first-order valence-electron chi connectivity index (χ1n) is 10.8. The van der Waals surface area contributed by atoms with Crippen LogP contribution in [0.25, 0.3) is 0 Å². The number of carbonyl (C=O) groups is 3. The van der Waals surface area contributed by atoms with Gasteiger partial charge in [-0.05, 0) is 31.0 Å². The van der Waals surface area contributed by atoms with E-state index in [1.54, 1.807) is 28.0 Å². The third kappa shape index (κ3) is 4.65. The number of halogens is 1. The van der Waals surface area contributed by atoms with Gasteiger partial charge < -0.3 is 24.2 Å². The lowest BCUT2D eigenvalue weighted by molar-refractivity contribution is -0.145. The second kappa shape index (κ2) is 9.44. The molecule has 0 N–H and O–H groups in total. The molecule has 3 aliphatic rings. The number of anilines is 1. The molecule has 31 heavy (non-hydrogen) atoms. The van der Waals surface area contributed by atoms with Crippen molar-refractivity contribution in [2.45, 2.75) is 19.3 Å². The zero-order chi connectivity index (χ0) is 22.0. The Bertz CT molecular complexity index is 858. The zero-order valence-corrected chi connectivity index (χ0v) is 18.5. The summed E-state index contributed by atoms with van der Waals surface area (Å²) >= 11 is 6.12. The van der Waals surface area contributed by atoms with Crippen LogP contribution in [-0.2, 0) is 19.1 Å². The molecule has 2 atom stereocenters. The summed E-state index contributed by atoms with van der Waals surface area (Å²) in [6.07, 6.45) is 1.72. The lowest BCUT2D eigenvalue weighted by Crippen LogP contribution is -2.50. The van der Waals surface area contributed by atoms with E-state index in [9.17, 15) is 14.4 Å². The minimum Gasteiger partial charge on any atom is -0.495 e. The van der Waals surface area contributed by atoms with Crippen molar-refractivity contribution < 1.29 is 23.9 Å². The van der Waals surface area contributed by atoms with E-state index in [4.69, 9.17) is 21.1 Å². The molecular formula is C22H28ClN3O5. The van der Waals surface area contributed by atoms with Crippen LogP contribution in [0.5, 0.6) is 5.75 Å². The van der Waals surface area contributed by atoms with Crippen molar-refractivity contribution in [1.29, 1.82) is 0 Å². The third-order valence-electron chi connectivity index (χ3n) is 6.31. The van der Waals surface area contributed by atoms with Crippen molar-refractivity contribution in [1.82, 2.24) is 9.80 Å². The van der Waals surface area contributed by atoms with Crippen LogP contribution in [-0.4, -0.2) is 80.6 Å². The van der Waals surface area contributed by atoms with Crippen LogP contribution < -0.4 is 9.64 Å². The molecule has 3 heterocycles. The second-order valence-corrected chi connectivity index (χ2v) is 8.72. The van der Waals surface area contributed by atoms with E-state index >= 15 is 0 Å². The Labute approximate surface area is 187 Å². The number of nitrogens with zero attached hydrogens (tertiary/aromatic N) is 3. The Balaban J connectivity index is 1.42. The molecule has 0 radical (unpaired) electrons. The topological polar surface area (TPSA) is 79.4 Å². The summed E-state index contributed by atoms with van der Waals surface area (Å²) in [5, 5.41) is 0.499. The summed E-state index contributed by atoms with van der Waals surface area (Å²) in [4.78, 5) is 44.0. The van der Waals surface area contributed by atoms with E-state index in [0.717, 1.165) is 12.8 Å². The van der Waals surface area contributed by atoms with Gasteiger partial charge in [-0.1, -0.05) is 11.6 Å². The van der Waals surface area contributed by atoms with Crippen molar-refractivity contribution in [3.8, 4) is 5.75 Å². The SMILES string of the molecule is COc1ccc(Cl)cc1N1CC(C(=O)N2CCCC(C(=O)N3CCOCC3)C2)CC1=O. The Morgan fingerprint density at radius 2 is 1.81 bits per heavy atom. The summed E-state index contributed by atoms with van der Waals surface area (Å²) in [6, 6.07) is 5.10. The predicted molar refractivity (Wildman–Crippen MR) is 115 cm³/mol. The first-order chi connectivity index (χ1) is 15.0. The molecule has 1 aromatic carbocycles. The molecule has 168 valence electrons. The Morgan fingerprint density at radius 1 is 1.06 bits per heavy atom. The molecule has 0 aliphatic carbocycles. The van der Waals surface area contributed by atoms with Crippen LogP contribution in [0.4, 0.5) is 5.69 Å². The summed E-state index contributed by atoms with van der Waals surface area (Å²) in [5.74, 6) is -0.160. The van der Waals surface area contributed by atoms with Gasteiger partial charge in [0, 0.05) is 44.2 Å².